The van der Waals surface area contributed by atoms with Gasteiger partial charge < -0.3 is 29.1 Å². The summed E-state index contributed by atoms with van der Waals surface area (Å²) in [5, 5.41) is 5.67. The summed E-state index contributed by atoms with van der Waals surface area (Å²) in [5.74, 6) is 0. The van der Waals surface area contributed by atoms with E-state index in [9.17, 15) is 9.59 Å². The van der Waals surface area contributed by atoms with Gasteiger partial charge >= 0.3 is 12.2 Å². The van der Waals surface area contributed by atoms with E-state index >= 15 is 0 Å². The third-order valence-corrected chi connectivity index (χ3v) is 4.99. The number of nitrogens with one attached hydrogen (secondary N) is 2. The first-order chi connectivity index (χ1) is 14.4. The van der Waals surface area contributed by atoms with Crippen LogP contribution in [0.3, 0.4) is 0 Å². The molecule has 8 nitrogen and oxygen atoms in total. The zero-order chi connectivity index (χ0) is 25.1. The largest absolute Gasteiger partial charge is 0.444 e. The summed E-state index contributed by atoms with van der Waals surface area (Å²) in [5.41, 5.74) is -0.916. The molecule has 0 aliphatic heterocycles. The third kappa shape index (κ3) is 19.2. The Hall–Kier alpha value is -1.54. The molecule has 2 amide bonds. The number of alkyl carbamates (subject to hydrolysis) is 2. The van der Waals surface area contributed by atoms with Crippen LogP contribution >= 0.6 is 0 Å². The number of amides is 2. The number of unbranched alkanes of at least 4 members (excludes halogenated alkanes) is 1. The number of rotatable bonds is 13. The molecule has 0 aromatic carbocycles. The van der Waals surface area contributed by atoms with Gasteiger partial charge in [-0.05, 0) is 41.5 Å². The van der Waals surface area contributed by atoms with Gasteiger partial charge in [0, 0.05) is 38.8 Å². The molecular weight excluding hydrogens is 408 g/mol. The van der Waals surface area contributed by atoms with Crippen molar-refractivity contribution >= 4 is 12.2 Å². The van der Waals surface area contributed by atoms with E-state index in [0.29, 0.717) is 13.1 Å². The Morgan fingerprint density at radius 3 is 1.16 bits per heavy atom. The minimum Gasteiger partial charge on any atom is -0.444 e. The van der Waals surface area contributed by atoms with Crippen molar-refractivity contribution in [2.24, 2.45) is 0 Å². The topological polar surface area (TPSA) is 76.7 Å². The number of quaternary nitrogens is 2. The van der Waals surface area contributed by atoms with Crippen LogP contribution in [-0.2, 0) is 9.47 Å². The molecule has 190 valence electrons. The maximum absolute atomic E-state index is 11.7. The monoisotopic (exact) mass is 460 g/mol. The second kappa shape index (κ2) is 13.2. The number of carbonyl (C=O) groups is 2. The maximum atomic E-state index is 11.7. The Kier molecular flexibility index (Phi) is 12.6. The SMILES string of the molecule is CC(C)(C)OC(=O)NCCC[N+](C)(C)CCCC[N+](C)(C)CCCNC(=O)OC(C)(C)C. The van der Waals surface area contributed by atoms with Gasteiger partial charge in [-0.2, -0.15) is 0 Å². The van der Waals surface area contributed by atoms with Crippen molar-refractivity contribution in [2.45, 2.75) is 78.4 Å². The van der Waals surface area contributed by atoms with Crippen LogP contribution in [0.15, 0.2) is 0 Å². The van der Waals surface area contributed by atoms with E-state index in [1.54, 1.807) is 0 Å². The zero-order valence-corrected chi connectivity index (χ0v) is 22.6. The fourth-order valence-electron chi connectivity index (χ4n) is 3.33. The van der Waals surface area contributed by atoms with Crippen molar-refractivity contribution in [3.8, 4) is 0 Å². The molecule has 32 heavy (non-hydrogen) atoms. The van der Waals surface area contributed by atoms with Crippen molar-refractivity contribution in [1.82, 2.24) is 10.6 Å². The van der Waals surface area contributed by atoms with Crippen molar-refractivity contribution in [2.75, 3.05) is 67.5 Å². The lowest BCUT2D eigenvalue weighted by Crippen LogP contribution is -2.45. The van der Waals surface area contributed by atoms with Crippen LogP contribution in [0.2, 0.25) is 0 Å². The van der Waals surface area contributed by atoms with Gasteiger partial charge in [0.25, 0.3) is 0 Å². The average Bonchev–Trinajstić information content (AvgIpc) is 2.57. The molecule has 0 aliphatic rings. The highest BCUT2D eigenvalue weighted by Crippen LogP contribution is 2.09. The molecule has 0 aromatic rings. The summed E-state index contributed by atoms with van der Waals surface area (Å²) in [4.78, 5) is 23.4. The van der Waals surface area contributed by atoms with E-state index in [0.717, 1.165) is 48.0 Å². The van der Waals surface area contributed by atoms with Gasteiger partial charge in [0.1, 0.15) is 11.2 Å². The van der Waals surface area contributed by atoms with Gasteiger partial charge in [-0.1, -0.05) is 0 Å². The van der Waals surface area contributed by atoms with Gasteiger partial charge in [-0.15, -0.1) is 0 Å². The van der Waals surface area contributed by atoms with Crippen LogP contribution in [0, 0.1) is 0 Å². The molecule has 0 saturated heterocycles. The molecule has 0 rings (SSSR count). The highest BCUT2D eigenvalue weighted by molar-refractivity contribution is 5.67. The van der Waals surface area contributed by atoms with Crippen LogP contribution in [0.4, 0.5) is 9.59 Å². The zero-order valence-electron chi connectivity index (χ0n) is 22.6. The van der Waals surface area contributed by atoms with E-state index < -0.39 is 11.2 Å². The number of ether oxygens (including phenoxy) is 2. The third-order valence-electron chi connectivity index (χ3n) is 4.99. The summed E-state index contributed by atoms with van der Waals surface area (Å²) in [6, 6.07) is 0. The Labute approximate surface area is 197 Å². The van der Waals surface area contributed by atoms with Gasteiger partial charge in [-0.25, -0.2) is 9.59 Å². The lowest BCUT2D eigenvalue weighted by Gasteiger charge is -2.32. The Morgan fingerprint density at radius 2 is 0.875 bits per heavy atom. The molecule has 0 spiro atoms. The highest BCUT2D eigenvalue weighted by atomic mass is 16.6. The van der Waals surface area contributed by atoms with Crippen LogP contribution in [0.25, 0.3) is 0 Å². The second-order valence-electron chi connectivity index (χ2n) is 12.0. The summed E-state index contributed by atoms with van der Waals surface area (Å²) in [7, 11) is 8.98. The van der Waals surface area contributed by atoms with Gasteiger partial charge in [0.2, 0.25) is 0 Å². The predicted octanol–water partition coefficient (Wildman–Crippen LogP) is 3.75. The molecule has 0 bridgehead atoms. The lowest BCUT2D eigenvalue weighted by atomic mass is 10.2. The minimum atomic E-state index is -0.458. The van der Waals surface area contributed by atoms with E-state index in [1.807, 2.05) is 41.5 Å². The molecular formula is C24H52N4O4+2. The van der Waals surface area contributed by atoms with E-state index in [1.165, 1.54) is 12.8 Å². The lowest BCUT2D eigenvalue weighted by molar-refractivity contribution is -0.896. The molecule has 0 saturated carbocycles. The fourth-order valence-corrected chi connectivity index (χ4v) is 3.33. The molecule has 8 heteroatoms. The number of nitrogens with zero attached hydrogens (tertiary/aromatic N) is 2. The normalized spacial score (nSPS) is 12.9. The quantitative estimate of drug-likeness (QED) is 0.324. The fraction of sp³-hybridized carbons (Fsp3) is 0.917. The second-order valence-corrected chi connectivity index (χ2v) is 12.0. The first-order valence-corrected chi connectivity index (χ1v) is 12.0. The van der Waals surface area contributed by atoms with Crippen LogP contribution in [0.1, 0.15) is 67.2 Å². The molecule has 2 N–H and O–H groups in total. The number of carbonyl (C=O) groups excluding carboxylic acids is 2. The van der Waals surface area contributed by atoms with Crippen LogP contribution in [-0.4, -0.2) is 99.8 Å². The highest BCUT2D eigenvalue weighted by Gasteiger charge is 2.20. The molecule has 0 atom stereocenters. The van der Waals surface area contributed by atoms with Crippen LogP contribution < -0.4 is 10.6 Å². The standard InChI is InChI=1S/C24H50N4O4/c1-23(2,3)31-21(29)25-15-13-19-27(7,8)17-11-12-18-28(9,10)20-14-16-26-22(30)32-24(4,5)6/h11-20H2,1-10H3/p+2. The number of hydrogen-bond acceptors (Lipinski definition) is 4. The van der Waals surface area contributed by atoms with E-state index in [2.05, 4.69) is 38.8 Å². The average molecular weight is 461 g/mol. The first kappa shape index (κ1) is 30.5. The van der Waals surface area contributed by atoms with E-state index in [-0.39, 0.29) is 12.2 Å². The molecule has 0 radical (unpaired) electrons. The summed E-state index contributed by atoms with van der Waals surface area (Å²) in [6.45, 7) is 16.8. The Balaban J connectivity index is 3.95. The molecule has 0 aromatic heterocycles. The van der Waals surface area contributed by atoms with Gasteiger partial charge in [0.15, 0.2) is 0 Å². The predicted molar refractivity (Wildman–Crippen MR) is 131 cm³/mol. The van der Waals surface area contributed by atoms with E-state index in [4.69, 9.17) is 9.47 Å². The van der Waals surface area contributed by atoms with Crippen molar-refractivity contribution in [3.05, 3.63) is 0 Å². The van der Waals surface area contributed by atoms with Gasteiger partial charge in [-0.3, -0.25) is 0 Å². The summed E-state index contributed by atoms with van der Waals surface area (Å²) >= 11 is 0. The molecule has 0 fully saturated rings. The molecule has 0 unspecified atom stereocenters. The first-order valence-electron chi connectivity index (χ1n) is 12.0. The van der Waals surface area contributed by atoms with Gasteiger partial charge in [0.05, 0.1) is 54.4 Å². The molecule has 0 aliphatic carbocycles. The maximum Gasteiger partial charge on any atom is 0.407 e. The Bertz CT molecular complexity index is 513. The number of hydrogen-bond donors (Lipinski definition) is 2. The summed E-state index contributed by atoms with van der Waals surface area (Å²) < 4.78 is 12.4. The molecule has 0 heterocycles. The smallest absolute Gasteiger partial charge is 0.407 e. The van der Waals surface area contributed by atoms with Crippen LogP contribution in [0.5, 0.6) is 0 Å². The van der Waals surface area contributed by atoms with Crippen molar-refractivity contribution in [1.29, 1.82) is 0 Å². The summed E-state index contributed by atoms with van der Waals surface area (Å²) in [6.07, 6.45) is 3.51. The minimum absolute atomic E-state index is 0.343. The van der Waals surface area contributed by atoms with Crippen molar-refractivity contribution < 1.29 is 28.0 Å². The Morgan fingerprint density at radius 1 is 0.594 bits per heavy atom. The van der Waals surface area contributed by atoms with Crippen molar-refractivity contribution in [3.63, 3.8) is 0 Å².